The van der Waals surface area contributed by atoms with E-state index in [4.69, 9.17) is 4.74 Å². The predicted octanol–water partition coefficient (Wildman–Crippen LogP) is 2.56. The zero-order valence-electron chi connectivity index (χ0n) is 14.2. The van der Waals surface area contributed by atoms with Gasteiger partial charge in [-0.05, 0) is 56.6 Å². The van der Waals surface area contributed by atoms with Crippen molar-refractivity contribution >= 4 is 0 Å². The Bertz CT molecular complexity index is 783. The molecular weight excluding hydrogens is 316 g/mol. The van der Waals surface area contributed by atoms with E-state index in [0.29, 0.717) is 23.6 Å². The molecule has 0 radical (unpaired) electrons. The molecule has 25 heavy (non-hydrogen) atoms. The lowest BCUT2D eigenvalue weighted by atomic mass is 10.1. The molecule has 0 aliphatic carbocycles. The predicted molar refractivity (Wildman–Crippen MR) is 95.4 cm³/mol. The Kier molecular flexibility index (Phi) is 5.81. The minimum Gasteiger partial charge on any atom is -0.492 e. The van der Waals surface area contributed by atoms with Crippen molar-refractivity contribution < 1.29 is 4.74 Å². The summed E-state index contributed by atoms with van der Waals surface area (Å²) in [5, 5.41) is 15.8. The number of likely N-dealkylation sites (tertiary alicyclic amines) is 1. The molecule has 1 aromatic heterocycles. The Balaban J connectivity index is 1.59. The highest BCUT2D eigenvalue weighted by Gasteiger charge is 2.10. The van der Waals surface area contributed by atoms with Crippen LogP contribution in [0.1, 0.15) is 31.2 Å². The molecule has 1 aliphatic heterocycles. The molecule has 2 aromatic rings. The molecule has 0 saturated carbocycles. The Morgan fingerprint density at radius 3 is 2.76 bits per heavy atom. The van der Waals surface area contributed by atoms with Crippen molar-refractivity contribution in [1.82, 2.24) is 15.1 Å². The number of benzene rings is 1. The van der Waals surface area contributed by atoms with E-state index in [-0.39, 0.29) is 5.56 Å². The highest BCUT2D eigenvalue weighted by molar-refractivity contribution is 5.63. The number of nitriles is 1. The van der Waals surface area contributed by atoms with Crippen LogP contribution < -0.4 is 10.3 Å². The number of hydrogen-bond acceptors (Lipinski definition) is 5. The summed E-state index contributed by atoms with van der Waals surface area (Å²) in [4.78, 5) is 13.6. The topological polar surface area (TPSA) is 82.0 Å². The molecule has 1 N–H and O–H groups in total. The summed E-state index contributed by atoms with van der Waals surface area (Å²) in [6, 6.07) is 10.6. The van der Waals surface area contributed by atoms with Gasteiger partial charge in [0.25, 0.3) is 5.56 Å². The van der Waals surface area contributed by atoms with Crippen molar-refractivity contribution in [2.24, 2.45) is 0 Å². The fraction of sp³-hybridized carbons (Fsp3) is 0.421. The van der Waals surface area contributed by atoms with Crippen molar-refractivity contribution in [3.05, 3.63) is 46.2 Å². The summed E-state index contributed by atoms with van der Waals surface area (Å²) >= 11 is 0. The van der Waals surface area contributed by atoms with E-state index < -0.39 is 0 Å². The number of hydrogen-bond donors (Lipinski definition) is 1. The Morgan fingerprint density at radius 2 is 2.04 bits per heavy atom. The zero-order valence-corrected chi connectivity index (χ0v) is 14.2. The number of piperidine rings is 1. The van der Waals surface area contributed by atoms with Gasteiger partial charge in [0.05, 0.1) is 17.9 Å². The van der Waals surface area contributed by atoms with Crippen molar-refractivity contribution in [2.45, 2.75) is 25.7 Å². The Morgan fingerprint density at radius 1 is 1.20 bits per heavy atom. The molecule has 1 fully saturated rings. The molecule has 6 nitrogen and oxygen atoms in total. The molecule has 0 amide bonds. The number of ether oxygens (including phenoxy) is 1. The molecule has 6 heteroatoms. The first-order valence-electron chi connectivity index (χ1n) is 8.72. The van der Waals surface area contributed by atoms with Crippen LogP contribution >= 0.6 is 0 Å². The largest absolute Gasteiger partial charge is 0.492 e. The average Bonchev–Trinajstić information content (AvgIpc) is 2.67. The second-order valence-electron chi connectivity index (χ2n) is 6.23. The SMILES string of the molecule is N#Cc1cc(-c2ccc(=O)[nH]n2)ccc1OCCCN1CCCCC1. The van der Waals surface area contributed by atoms with E-state index >= 15 is 0 Å². The third kappa shape index (κ3) is 4.68. The monoisotopic (exact) mass is 338 g/mol. The summed E-state index contributed by atoms with van der Waals surface area (Å²) < 4.78 is 5.80. The number of rotatable bonds is 6. The van der Waals surface area contributed by atoms with Crippen LogP contribution in [0.3, 0.4) is 0 Å². The molecular formula is C19H22N4O2. The molecule has 0 atom stereocenters. The minimum absolute atomic E-state index is 0.252. The normalized spacial score (nSPS) is 14.8. The fourth-order valence-electron chi connectivity index (χ4n) is 3.06. The first-order valence-corrected chi connectivity index (χ1v) is 8.72. The third-order valence-corrected chi connectivity index (χ3v) is 4.40. The van der Waals surface area contributed by atoms with Gasteiger partial charge in [-0.1, -0.05) is 6.42 Å². The van der Waals surface area contributed by atoms with Gasteiger partial charge in [-0.15, -0.1) is 0 Å². The van der Waals surface area contributed by atoms with Crippen LogP contribution in [-0.4, -0.2) is 41.3 Å². The smallest absolute Gasteiger partial charge is 0.264 e. The van der Waals surface area contributed by atoms with Gasteiger partial charge in [0, 0.05) is 18.2 Å². The lowest BCUT2D eigenvalue weighted by Crippen LogP contribution is -2.31. The number of aromatic amines is 1. The molecule has 2 heterocycles. The molecule has 1 aromatic carbocycles. The minimum atomic E-state index is -0.252. The second kappa shape index (κ2) is 8.45. The maximum atomic E-state index is 11.1. The van der Waals surface area contributed by atoms with Crippen LogP contribution in [0, 0.1) is 11.3 Å². The lowest BCUT2D eigenvalue weighted by Gasteiger charge is -2.26. The van der Waals surface area contributed by atoms with E-state index in [1.165, 1.54) is 38.4 Å². The summed E-state index contributed by atoms with van der Waals surface area (Å²) in [5.41, 5.74) is 1.61. The summed E-state index contributed by atoms with van der Waals surface area (Å²) in [7, 11) is 0. The van der Waals surface area contributed by atoms with E-state index in [9.17, 15) is 10.1 Å². The molecule has 1 saturated heterocycles. The highest BCUT2D eigenvalue weighted by atomic mass is 16.5. The van der Waals surface area contributed by atoms with Gasteiger partial charge in [-0.25, -0.2) is 5.10 Å². The van der Waals surface area contributed by atoms with Crippen LogP contribution in [0.25, 0.3) is 11.3 Å². The number of aromatic nitrogens is 2. The van der Waals surface area contributed by atoms with Crippen LogP contribution in [-0.2, 0) is 0 Å². The maximum Gasteiger partial charge on any atom is 0.264 e. The quantitative estimate of drug-likeness (QED) is 0.819. The number of nitrogens with zero attached hydrogens (tertiary/aromatic N) is 3. The molecule has 3 rings (SSSR count). The van der Waals surface area contributed by atoms with Crippen LogP contribution in [0.2, 0.25) is 0 Å². The van der Waals surface area contributed by atoms with Crippen LogP contribution in [0.15, 0.2) is 35.1 Å². The molecule has 1 aliphatic rings. The number of H-pyrrole nitrogens is 1. The molecule has 0 unspecified atom stereocenters. The Labute approximate surface area is 147 Å². The maximum absolute atomic E-state index is 11.1. The standard InChI is InChI=1S/C19H22N4O2/c20-14-16-13-15(17-6-8-19(24)22-21-17)5-7-18(16)25-12-4-11-23-9-2-1-3-10-23/h5-8,13H,1-4,9-12H2,(H,22,24). The van der Waals surface area contributed by atoms with E-state index in [0.717, 1.165) is 18.5 Å². The zero-order chi connectivity index (χ0) is 17.5. The Hall–Kier alpha value is -2.65. The third-order valence-electron chi connectivity index (χ3n) is 4.40. The van der Waals surface area contributed by atoms with Crippen LogP contribution in [0.4, 0.5) is 0 Å². The van der Waals surface area contributed by atoms with Crippen LogP contribution in [0.5, 0.6) is 5.75 Å². The van der Waals surface area contributed by atoms with Gasteiger partial charge in [0.2, 0.25) is 0 Å². The van der Waals surface area contributed by atoms with Crippen molar-refractivity contribution in [2.75, 3.05) is 26.2 Å². The van der Waals surface area contributed by atoms with Gasteiger partial charge in [-0.2, -0.15) is 10.4 Å². The van der Waals surface area contributed by atoms with Crippen molar-refractivity contribution in [3.8, 4) is 23.1 Å². The van der Waals surface area contributed by atoms with Crippen molar-refractivity contribution in [1.29, 1.82) is 5.26 Å². The van der Waals surface area contributed by atoms with Gasteiger partial charge < -0.3 is 9.64 Å². The first-order chi connectivity index (χ1) is 12.3. The van der Waals surface area contributed by atoms with E-state index in [2.05, 4.69) is 21.2 Å². The second-order valence-corrected chi connectivity index (χ2v) is 6.23. The highest BCUT2D eigenvalue weighted by Crippen LogP contribution is 2.24. The summed E-state index contributed by atoms with van der Waals surface area (Å²) in [5.74, 6) is 0.592. The molecule has 0 bridgehead atoms. The number of nitrogens with one attached hydrogen (secondary N) is 1. The van der Waals surface area contributed by atoms with Gasteiger partial charge in [0.1, 0.15) is 11.8 Å². The van der Waals surface area contributed by atoms with E-state index in [1.54, 1.807) is 18.2 Å². The average molecular weight is 338 g/mol. The summed E-state index contributed by atoms with van der Waals surface area (Å²) in [6.07, 6.45) is 4.88. The molecule has 130 valence electrons. The summed E-state index contributed by atoms with van der Waals surface area (Å²) in [6.45, 7) is 4.01. The van der Waals surface area contributed by atoms with Gasteiger partial charge >= 0.3 is 0 Å². The fourth-order valence-corrected chi connectivity index (χ4v) is 3.06. The van der Waals surface area contributed by atoms with Gasteiger partial charge in [0.15, 0.2) is 0 Å². The van der Waals surface area contributed by atoms with Gasteiger partial charge in [-0.3, -0.25) is 4.79 Å². The first kappa shape index (κ1) is 17.2. The van der Waals surface area contributed by atoms with Crippen molar-refractivity contribution in [3.63, 3.8) is 0 Å². The lowest BCUT2D eigenvalue weighted by molar-refractivity contribution is 0.205. The van der Waals surface area contributed by atoms with E-state index in [1.807, 2.05) is 6.07 Å². The molecule has 0 spiro atoms.